The molecule has 1 saturated carbocycles. The number of aliphatic hydroxyl groups is 1. The molecule has 6 nitrogen and oxygen atoms in total. The summed E-state index contributed by atoms with van der Waals surface area (Å²) in [6.07, 6.45) is 7.36. The maximum atomic E-state index is 12.4. The highest BCUT2D eigenvalue weighted by atomic mass is 16.3. The van der Waals surface area contributed by atoms with Gasteiger partial charge in [0.05, 0.1) is 0 Å². The number of amides is 1. The normalized spacial score (nSPS) is 19.2. The second kappa shape index (κ2) is 6.59. The van der Waals surface area contributed by atoms with Crippen molar-refractivity contribution < 1.29 is 9.90 Å². The van der Waals surface area contributed by atoms with Crippen LogP contribution in [0.2, 0.25) is 0 Å². The van der Waals surface area contributed by atoms with E-state index in [9.17, 15) is 9.90 Å². The van der Waals surface area contributed by atoms with Crippen molar-refractivity contribution in [2.24, 2.45) is 0 Å². The van der Waals surface area contributed by atoms with Gasteiger partial charge in [-0.3, -0.25) is 4.79 Å². The van der Waals surface area contributed by atoms with E-state index >= 15 is 0 Å². The molecule has 0 radical (unpaired) electrons. The molecule has 25 heavy (non-hydrogen) atoms. The zero-order chi connectivity index (χ0) is 17.3. The van der Waals surface area contributed by atoms with Gasteiger partial charge in [0, 0.05) is 24.2 Å². The number of carbonyl (C=O) groups excluding carboxylic acids is 1. The topological polar surface area (TPSA) is 80.0 Å². The van der Waals surface area contributed by atoms with Crippen LogP contribution in [0.3, 0.4) is 0 Å². The molecular formula is C19H24N4O2. The molecule has 0 spiro atoms. The van der Waals surface area contributed by atoms with E-state index < -0.39 is 5.60 Å². The van der Waals surface area contributed by atoms with Crippen molar-refractivity contribution in [1.29, 1.82) is 0 Å². The Morgan fingerprint density at radius 3 is 2.80 bits per heavy atom. The highest BCUT2D eigenvalue weighted by Gasteiger charge is 2.38. The molecule has 1 aromatic heterocycles. The lowest BCUT2D eigenvalue weighted by atomic mass is 10.0. The van der Waals surface area contributed by atoms with Crippen LogP contribution in [0.25, 0.3) is 11.4 Å². The number of hydrogen-bond acceptors (Lipinski definition) is 4. The van der Waals surface area contributed by atoms with E-state index in [-0.39, 0.29) is 5.91 Å². The summed E-state index contributed by atoms with van der Waals surface area (Å²) in [5, 5.41) is 22.0. The Hall–Kier alpha value is -2.21. The number of rotatable bonds is 3. The molecule has 1 amide bonds. The Balaban J connectivity index is 1.58. The fourth-order valence-corrected chi connectivity index (χ4v) is 3.87. The standard InChI is InChI=1S/C19H24N4O2/c24-18(19(25)10-3-4-11-19)20-15-8-6-7-14(13-15)17-22-21-16-9-2-1-5-12-23(16)17/h6-8,13,25H,1-5,9-12H2,(H,20,24). The Morgan fingerprint density at radius 2 is 1.96 bits per heavy atom. The predicted molar refractivity (Wildman–Crippen MR) is 95.1 cm³/mol. The van der Waals surface area contributed by atoms with Gasteiger partial charge in [-0.05, 0) is 50.7 Å². The van der Waals surface area contributed by atoms with E-state index in [1.54, 1.807) is 0 Å². The minimum absolute atomic E-state index is 0.303. The van der Waals surface area contributed by atoms with Crippen LogP contribution in [-0.2, 0) is 17.8 Å². The number of hydrogen-bond donors (Lipinski definition) is 2. The van der Waals surface area contributed by atoms with Crippen LogP contribution in [0, 0.1) is 0 Å². The molecule has 0 saturated heterocycles. The first kappa shape index (κ1) is 16.3. The number of fused-ring (bicyclic) bond motifs is 1. The van der Waals surface area contributed by atoms with Gasteiger partial charge in [-0.15, -0.1) is 10.2 Å². The van der Waals surface area contributed by atoms with Gasteiger partial charge in [0.15, 0.2) is 5.82 Å². The molecular weight excluding hydrogens is 316 g/mol. The lowest BCUT2D eigenvalue weighted by Gasteiger charge is -2.21. The molecule has 2 aromatic rings. The van der Waals surface area contributed by atoms with Crippen molar-refractivity contribution in [2.75, 3.05) is 5.32 Å². The van der Waals surface area contributed by atoms with Gasteiger partial charge >= 0.3 is 0 Å². The molecule has 1 aliphatic heterocycles. The van der Waals surface area contributed by atoms with Gasteiger partial charge in [0.1, 0.15) is 11.4 Å². The van der Waals surface area contributed by atoms with Crippen LogP contribution in [0.1, 0.15) is 50.8 Å². The number of nitrogens with zero attached hydrogens (tertiary/aromatic N) is 3. The van der Waals surface area contributed by atoms with Gasteiger partial charge < -0.3 is 15.0 Å². The number of carbonyl (C=O) groups is 1. The zero-order valence-corrected chi connectivity index (χ0v) is 14.4. The zero-order valence-electron chi connectivity index (χ0n) is 14.4. The molecule has 1 aliphatic carbocycles. The van der Waals surface area contributed by atoms with Crippen molar-refractivity contribution in [3.63, 3.8) is 0 Å². The quantitative estimate of drug-likeness (QED) is 0.900. The van der Waals surface area contributed by atoms with Crippen LogP contribution in [0.5, 0.6) is 0 Å². The number of benzene rings is 1. The van der Waals surface area contributed by atoms with E-state index in [4.69, 9.17) is 0 Å². The highest BCUT2D eigenvalue weighted by molar-refractivity contribution is 5.97. The molecule has 0 atom stereocenters. The lowest BCUT2D eigenvalue weighted by Crippen LogP contribution is -2.40. The summed E-state index contributed by atoms with van der Waals surface area (Å²) >= 11 is 0. The van der Waals surface area contributed by atoms with Gasteiger partial charge in [0.2, 0.25) is 0 Å². The van der Waals surface area contributed by atoms with Crippen molar-refractivity contribution in [3.8, 4) is 11.4 Å². The Kier molecular flexibility index (Phi) is 4.29. The smallest absolute Gasteiger partial charge is 0.256 e. The van der Waals surface area contributed by atoms with Gasteiger partial charge in [-0.25, -0.2) is 0 Å². The second-order valence-corrected chi connectivity index (χ2v) is 7.18. The minimum Gasteiger partial charge on any atom is -0.380 e. The van der Waals surface area contributed by atoms with Crippen molar-refractivity contribution in [1.82, 2.24) is 14.8 Å². The number of nitrogens with one attached hydrogen (secondary N) is 1. The van der Waals surface area contributed by atoms with Gasteiger partial charge in [-0.1, -0.05) is 18.6 Å². The molecule has 132 valence electrons. The molecule has 2 heterocycles. The van der Waals surface area contributed by atoms with E-state index in [2.05, 4.69) is 20.1 Å². The summed E-state index contributed by atoms with van der Waals surface area (Å²) in [6, 6.07) is 7.65. The van der Waals surface area contributed by atoms with Crippen molar-refractivity contribution in [2.45, 2.75) is 63.5 Å². The molecule has 4 rings (SSSR count). The largest absolute Gasteiger partial charge is 0.380 e. The molecule has 1 fully saturated rings. The number of aryl methyl sites for hydroxylation is 1. The Bertz CT molecular complexity index is 777. The summed E-state index contributed by atoms with van der Waals surface area (Å²) in [5.41, 5.74) is 0.410. The lowest BCUT2D eigenvalue weighted by molar-refractivity contribution is -0.133. The first-order chi connectivity index (χ1) is 12.2. The Labute approximate surface area is 147 Å². The first-order valence-corrected chi connectivity index (χ1v) is 9.22. The summed E-state index contributed by atoms with van der Waals surface area (Å²) < 4.78 is 2.19. The summed E-state index contributed by atoms with van der Waals surface area (Å²) in [7, 11) is 0. The third-order valence-electron chi connectivity index (χ3n) is 5.34. The SMILES string of the molecule is O=C(Nc1cccc(-c2nnc3n2CCCCC3)c1)C1(O)CCCC1. The number of anilines is 1. The molecule has 2 N–H and O–H groups in total. The number of aromatic nitrogens is 3. The first-order valence-electron chi connectivity index (χ1n) is 9.22. The van der Waals surface area contributed by atoms with E-state index in [0.717, 1.165) is 55.9 Å². The maximum absolute atomic E-state index is 12.4. The second-order valence-electron chi connectivity index (χ2n) is 7.18. The average molecular weight is 340 g/mol. The predicted octanol–water partition coefficient (Wildman–Crippen LogP) is 2.92. The molecule has 1 aromatic carbocycles. The van der Waals surface area contributed by atoms with Crippen molar-refractivity contribution >= 4 is 11.6 Å². The third kappa shape index (κ3) is 3.18. The van der Waals surface area contributed by atoms with Crippen LogP contribution in [-0.4, -0.2) is 31.4 Å². The van der Waals surface area contributed by atoms with E-state index in [1.807, 2.05) is 24.3 Å². The van der Waals surface area contributed by atoms with Gasteiger partial charge in [-0.2, -0.15) is 0 Å². The molecule has 0 bridgehead atoms. The molecule has 6 heteroatoms. The summed E-state index contributed by atoms with van der Waals surface area (Å²) in [4.78, 5) is 12.4. The third-order valence-corrected chi connectivity index (χ3v) is 5.34. The van der Waals surface area contributed by atoms with Crippen LogP contribution in [0.4, 0.5) is 5.69 Å². The van der Waals surface area contributed by atoms with E-state index in [0.29, 0.717) is 18.5 Å². The average Bonchev–Trinajstić information content (AvgIpc) is 3.16. The van der Waals surface area contributed by atoms with E-state index in [1.165, 1.54) is 6.42 Å². The fourth-order valence-electron chi connectivity index (χ4n) is 3.87. The maximum Gasteiger partial charge on any atom is 0.256 e. The highest BCUT2D eigenvalue weighted by Crippen LogP contribution is 2.31. The van der Waals surface area contributed by atoms with Crippen molar-refractivity contribution in [3.05, 3.63) is 30.1 Å². The summed E-state index contributed by atoms with van der Waals surface area (Å²) in [5.74, 6) is 1.59. The molecule has 0 unspecified atom stereocenters. The van der Waals surface area contributed by atoms with Crippen LogP contribution in [0.15, 0.2) is 24.3 Å². The van der Waals surface area contributed by atoms with Crippen LogP contribution < -0.4 is 5.32 Å². The monoisotopic (exact) mass is 340 g/mol. The Morgan fingerprint density at radius 1 is 1.12 bits per heavy atom. The minimum atomic E-state index is -1.22. The molecule has 2 aliphatic rings. The van der Waals surface area contributed by atoms with Gasteiger partial charge in [0.25, 0.3) is 5.91 Å². The van der Waals surface area contributed by atoms with Crippen LogP contribution >= 0.6 is 0 Å². The summed E-state index contributed by atoms with van der Waals surface area (Å²) in [6.45, 7) is 0.938. The fraction of sp³-hybridized carbons (Fsp3) is 0.526.